The molecule has 0 spiro atoms. The quantitative estimate of drug-likeness (QED) is 0.774. The first-order valence-corrected chi connectivity index (χ1v) is 6.02. The Bertz CT molecular complexity index is 458. The van der Waals surface area contributed by atoms with Crippen LogP contribution in [-0.4, -0.2) is 14.4 Å². The van der Waals surface area contributed by atoms with Crippen LogP contribution in [-0.2, 0) is 16.4 Å². The van der Waals surface area contributed by atoms with Gasteiger partial charge in [0.2, 0.25) is 5.94 Å². The van der Waals surface area contributed by atoms with E-state index in [1.165, 1.54) is 0 Å². The average molecular weight is 215 g/mol. The van der Waals surface area contributed by atoms with Crippen molar-refractivity contribution in [1.82, 2.24) is 0 Å². The van der Waals surface area contributed by atoms with Crippen molar-refractivity contribution in [3.63, 3.8) is 0 Å². The van der Waals surface area contributed by atoms with Crippen LogP contribution in [0.3, 0.4) is 0 Å². The number of hydrogen-bond acceptors (Lipinski definition) is 3. The minimum absolute atomic E-state index is 0. The highest BCUT2D eigenvalue weighted by atomic mass is 32.2. The Morgan fingerprint density at radius 1 is 1.57 bits per heavy atom. The molecule has 0 radical (unpaired) electrons. The van der Waals surface area contributed by atoms with E-state index in [1.807, 2.05) is 13.0 Å². The molecule has 14 heavy (non-hydrogen) atoms. The zero-order chi connectivity index (χ0) is 10.2. The molecule has 0 amide bonds. The van der Waals surface area contributed by atoms with Gasteiger partial charge in [-0.15, -0.1) is 0 Å². The first kappa shape index (κ1) is 9.33. The number of rotatable bonds is 1. The molecule has 0 aromatic heterocycles. The van der Waals surface area contributed by atoms with E-state index in [9.17, 15) is 8.42 Å². The molecule has 4 nitrogen and oxygen atoms in total. The van der Waals surface area contributed by atoms with Gasteiger partial charge in [0.1, 0.15) is 5.75 Å². The molecule has 1 aromatic rings. The third-order valence-electron chi connectivity index (χ3n) is 2.09. The van der Waals surface area contributed by atoms with Gasteiger partial charge in [0, 0.05) is 1.43 Å². The monoisotopic (exact) mass is 215 g/mol. The maximum atomic E-state index is 11.2. The van der Waals surface area contributed by atoms with Crippen molar-refractivity contribution in [2.24, 2.45) is 0 Å². The van der Waals surface area contributed by atoms with Crippen LogP contribution in [0.15, 0.2) is 18.2 Å². The van der Waals surface area contributed by atoms with Gasteiger partial charge in [-0.25, -0.2) is 8.42 Å². The first-order valence-electron chi connectivity index (χ1n) is 4.37. The summed E-state index contributed by atoms with van der Waals surface area (Å²) in [5, 5.41) is 0. The topological polar surface area (TPSA) is 55.4 Å². The maximum Gasteiger partial charge on any atom is 0.268 e. The van der Waals surface area contributed by atoms with Gasteiger partial charge in [-0.05, 0) is 24.1 Å². The van der Waals surface area contributed by atoms with E-state index in [0.29, 0.717) is 11.4 Å². The normalized spacial score (nSPS) is 17.8. The van der Waals surface area contributed by atoms with E-state index in [4.69, 9.17) is 4.74 Å². The second-order valence-corrected chi connectivity index (χ2v) is 4.83. The van der Waals surface area contributed by atoms with Crippen molar-refractivity contribution in [2.45, 2.75) is 13.3 Å². The largest absolute Gasteiger partial charge is 0.474 e. The first-order chi connectivity index (χ1) is 6.61. The fourth-order valence-corrected chi connectivity index (χ4v) is 2.18. The van der Waals surface area contributed by atoms with Gasteiger partial charge in [-0.2, -0.15) is 0 Å². The highest BCUT2D eigenvalue weighted by Gasteiger charge is 2.20. The van der Waals surface area contributed by atoms with Crippen LogP contribution in [0.4, 0.5) is 5.69 Å². The van der Waals surface area contributed by atoms with Crippen LogP contribution < -0.4 is 9.46 Å². The van der Waals surface area contributed by atoms with Crippen molar-refractivity contribution in [2.75, 3.05) is 10.7 Å². The van der Waals surface area contributed by atoms with Crippen molar-refractivity contribution >= 4 is 15.7 Å². The highest BCUT2D eigenvalue weighted by Crippen LogP contribution is 2.30. The summed E-state index contributed by atoms with van der Waals surface area (Å²) < 4.78 is 29.9. The molecule has 1 aliphatic rings. The summed E-state index contributed by atoms with van der Waals surface area (Å²) >= 11 is 0. The summed E-state index contributed by atoms with van der Waals surface area (Å²) in [6.07, 6.45) is 0.870. The second-order valence-electron chi connectivity index (χ2n) is 3.16. The average Bonchev–Trinajstić information content (AvgIpc) is 2.15. The van der Waals surface area contributed by atoms with Crippen molar-refractivity contribution < 1.29 is 14.6 Å². The molecule has 0 fully saturated rings. The van der Waals surface area contributed by atoms with E-state index >= 15 is 0 Å². The van der Waals surface area contributed by atoms with E-state index in [1.54, 1.807) is 12.1 Å². The van der Waals surface area contributed by atoms with E-state index in [-0.39, 0.29) is 7.37 Å². The van der Waals surface area contributed by atoms with E-state index in [0.717, 1.165) is 12.0 Å². The fourth-order valence-electron chi connectivity index (χ4n) is 1.34. The molecule has 1 aromatic carbocycles. The number of benzene rings is 1. The van der Waals surface area contributed by atoms with Crippen LogP contribution in [0.2, 0.25) is 0 Å². The maximum absolute atomic E-state index is 11.2. The van der Waals surface area contributed by atoms with Gasteiger partial charge >= 0.3 is 0 Å². The Balaban J connectivity index is 0.00000112. The van der Waals surface area contributed by atoms with Crippen molar-refractivity contribution in [3.05, 3.63) is 23.8 Å². The molecule has 1 N–H and O–H groups in total. The third kappa shape index (κ3) is 1.68. The molecule has 0 saturated carbocycles. The van der Waals surface area contributed by atoms with Crippen molar-refractivity contribution in [3.8, 4) is 5.75 Å². The zero-order valence-electron chi connectivity index (χ0n) is 7.78. The van der Waals surface area contributed by atoms with E-state index in [2.05, 4.69) is 4.72 Å². The summed E-state index contributed by atoms with van der Waals surface area (Å²) in [6.45, 7) is 2.01. The van der Waals surface area contributed by atoms with Crippen LogP contribution >= 0.6 is 0 Å². The lowest BCUT2D eigenvalue weighted by atomic mass is 10.1. The minimum atomic E-state index is -3.29. The van der Waals surface area contributed by atoms with Gasteiger partial charge < -0.3 is 4.74 Å². The Labute approximate surface area is 84.4 Å². The fraction of sp³-hybridized carbons (Fsp3) is 0.333. The molecule has 0 atom stereocenters. The molecular weight excluding hydrogens is 202 g/mol. The number of sulfonamides is 1. The standard InChI is InChI=1S/C9H11NO3S.H2/c1-2-7-3-4-9-8(5-7)10-14(11,12)6-13-9;/h3-5,10H,2,6H2,1H3;1H. The van der Waals surface area contributed by atoms with Gasteiger partial charge in [0.05, 0.1) is 5.69 Å². The molecule has 2 rings (SSSR count). The second kappa shape index (κ2) is 3.16. The molecule has 0 bridgehead atoms. The Hall–Kier alpha value is -1.23. The highest BCUT2D eigenvalue weighted by molar-refractivity contribution is 7.92. The van der Waals surface area contributed by atoms with Crippen LogP contribution in [0, 0.1) is 0 Å². The van der Waals surface area contributed by atoms with Gasteiger partial charge in [-0.3, -0.25) is 4.72 Å². The molecule has 0 unspecified atom stereocenters. The molecule has 0 aliphatic carbocycles. The van der Waals surface area contributed by atoms with Gasteiger partial charge in [0.15, 0.2) is 0 Å². The van der Waals surface area contributed by atoms with Crippen LogP contribution in [0.25, 0.3) is 0 Å². The lowest BCUT2D eigenvalue weighted by molar-refractivity contribution is 0.374. The number of anilines is 1. The lowest BCUT2D eigenvalue weighted by Crippen LogP contribution is -2.25. The Morgan fingerprint density at radius 3 is 3.07 bits per heavy atom. The molecule has 0 saturated heterocycles. The van der Waals surface area contributed by atoms with Crippen LogP contribution in [0.1, 0.15) is 13.9 Å². The smallest absolute Gasteiger partial charge is 0.268 e. The predicted octanol–water partition coefficient (Wildman–Crippen LogP) is 1.59. The minimum Gasteiger partial charge on any atom is -0.474 e. The number of ether oxygens (including phenoxy) is 1. The number of nitrogens with one attached hydrogen (secondary N) is 1. The van der Waals surface area contributed by atoms with Gasteiger partial charge in [0.25, 0.3) is 10.0 Å². The summed E-state index contributed by atoms with van der Waals surface area (Å²) in [5.41, 5.74) is 1.62. The third-order valence-corrected chi connectivity index (χ3v) is 3.05. The van der Waals surface area contributed by atoms with E-state index < -0.39 is 10.0 Å². The summed E-state index contributed by atoms with van der Waals surface area (Å²) in [7, 11) is -3.29. The number of aryl methyl sites for hydroxylation is 1. The predicted molar refractivity (Wildman–Crippen MR) is 56.0 cm³/mol. The molecule has 78 valence electrons. The molecule has 1 aliphatic heterocycles. The summed E-state index contributed by atoms with van der Waals surface area (Å²) in [4.78, 5) is 0. The molecule has 5 heteroatoms. The zero-order valence-corrected chi connectivity index (χ0v) is 8.60. The summed E-state index contributed by atoms with van der Waals surface area (Å²) in [5.74, 6) is 0.294. The van der Waals surface area contributed by atoms with Crippen molar-refractivity contribution in [1.29, 1.82) is 0 Å². The number of fused-ring (bicyclic) bond motifs is 1. The SMILES string of the molecule is CCc1ccc2c(c1)NS(=O)(=O)CO2.[HH]. The molecular formula is C9H13NO3S. The summed E-state index contributed by atoms with van der Waals surface area (Å²) in [6, 6.07) is 5.51. The lowest BCUT2D eigenvalue weighted by Gasteiger charge is -2.19. The Morgan fingerprint density at radius 2 is 2.36 bits per heavy atom. The van der Waals surface area contributed by atoms with Gasteiger partial charge in [-0.1, -0.05) is 13.0 Å². The Kier molecular flexibility index (Phi) is 2.11. The van der Waals surface area contributed by atoms with Crippen LogP contribution in [0.5, 0.6) is 5.75 Å². The number of hydrogen-bond donors (Lipinski definition) is 1. The molecule has 1 heterocycles.